The van der Waals surface area contributed by atoms with E-state index >= 15 is 0 Å². The number of carbonyl (C=O) groups excluding carboxylic acids is 2. The maximum atomic E-state index is 12.9. The Morgan fingerprint density at radius 1 is 1.26 bits per heavy atom. The number of aliphatic hydroxyl groups excluding tert-OH is 1. The first-order valence-corrected chi connectivity index (χ1v) is 9.39. The van der Waals surface area contributed by atoms with Gasteiger partial charge in [0.15, 0.2) is 0 Å². The number of carbonyl (C=O) groups is 2. The van der Waals surface area contributed by atoms with Crippen LogP contribution in [0.4, 0.5) is 0 Å². The van der Waals surface area contributed by atoms with Crippen molar-refractivity contribution in [3.8, 4) is 0 Å². The average molecular weight is 391 g/mol. The molecule has 0 aliphatic carbocycles. The largest absolute Gasteiger partial charge is 0.395 e. The zero-order valence-electron chi connectivity index (χ0n) is 15.0. The van der Waals surface area contributed by atoms with Crippen molar-refractivity contribution < 1.29 is 14.7 Å². The number of nitrogens with zero attached hydrogens (tertiary/aromatic N) is 3. The number of rotatable bonds is 6. The standard InChI is InChI=1S/C19H23ClN4O3/c20-16-3-1-14(2-4-16)18(26)23-9-5-15(6-10-23)19(27)24(11-12-25)13-17-21-7-8-22-17/h1-4,7-8,15,25H,5-6,9-13H2,(H,21,22). The van der Waals surface area contributed by atoms with E-state index in [-0.39, 0.29) is 30.9 Å². The lowest BCUT2D eigenvalue weighted by Gasteiger charge is -2.34. The third-order valence-corrected chi connectivity index (χ3v) is 5.05. The summed E-state index contributed by atoms with van der Waals surface area (Å²) in [6.07, 6.45) is 4.56. The molecule has 1 aliphatic heterocycles. The van der Waals surface area contributed by atoms with Crippen molar-refractivity contribution in [3.63, 3.8) is 0 Å². The number of likely N-dealkylation sites (tertiary alicyclic amines) is 1. The van der Waals surface area contributed by atoms with Gasteiger partial charge in [0.05, 0.1) is 13.2 Å². The summed E-state index contributed by atoms with van der Waals surface area (Å²) in [5.41, 5.74) is 0.601. The first-order chi connectivity index (χ1) is 13.1. The molecule has 0 radical (unpaired) electrons. The molecule has 144 valence electrons. The predicted octanol–water partition coefficient (Wildman–Crippen LogP) is 1.94. The van der Waals surface area contributed by atoms with Gasteiger partial charge in [-0.05, 0) is 37.1 Å². The Labute approximate surface area is 163 Å². The molecule has 27 heavy (non-hydrogen) atoms. The van der Waals surface area contributed by atoms with Crippen LogP contribution in [0.2, 0.25) is 5.02 Å². The third-order valence-electron chi connectivity index (χ3n) is 4.80. The molecule has 2 amide bonds. The molecule has 8 heteroatoms. The monoisotopic (exact) mass is 390 g/mol. The highest BCUT2D eigenvalue weighted by atomic mass is 35.5. The smallest absolute Gasteiger partial charge is 0.253 e. The molecule has 1 saturated heterocycles. The van der Waals surface area contributed by atoms with Crippen molar-refractivity contribution in [3.05, 3.63) is 53.1 Å². The lowest BCUT2D eigenvalue weighted by molar-refractivity contribution is -0.138. The average Bonchev–Trinajstić information content (AvgIpc) is 3.20. The van der Waals surface area contributed by atoms with Crippen LogP contribution < -0.4 is 0 Å². The molecule has 2 N–H and O–H groups in total. The van der Waals surface area contributed by atoms with Gasteiger partial charge in [-0.1, -0.05) is 11.6 Å². The van der Waals surface area contributed by atoms with E-state index in [1.54, 1.807) is 46.5 Å². The van der Waals surface area contributed by atoms with E-state index in [2.05, 4.69) is 9.97 Å². The van der Waals surface area contributed by atoms with E-state index < -0.39 is 0 Å². The fraction of sp³-hybridized carbons (Fsp3) is 0.421. The Morgan fingerprint density at radius 3 is 2.56 bits per heavy atom. The van der Waals surface area contributed by atoms with Crippen LogP contribution in [-0.4, -0.2) is 62.9 Å². The third kappa shape index (κ3) is 4.87. The van der Waals surface area contributed by atoms with Crippen LogP contribution in [-0.2, 0) is 11.3 Å². The van der Waals surface area contributed by atoms with Gasteiger partial charge in [-0.15, -0.1) is 0 Å². The molecule has 7 nitrogen and oxygen atoms in total. The van der Waals surface area contributed by atoms with Crippen LogP contribution >= 0.6 is 11.6 Å². The van der Waals surface area contributed by atoms with Crippen LogP contribution in [0, 0.1) is 5.92 Å². The number of imidazole rings is 1. The van der Waals surface area contributed by atoms with Crippen molar-refractivity contribution in [2.24, 2.45) is 5.92 Å². The first-order valence-electron chi connectivity index (χ1n) is 9.01. The Bertz CT molecular complexity index is 756. The molecule has 1 aliphatic rings. The van der Waals surface area contributed by atoms with Gasteiger partial charge in [-0.3, -0.25) is 9.59 Å². The van der Waals surface area contributed by atoms with Gasteiger partial charge in [0.25, 0.3) is 5.91 Å². The van der Waals surface area contributed by atoms with Gasteiger partial charge < -0.3 is 19.9 Å². The second-order valence-corrected chi connectivity index (χ2v) is 7.03. The molecule has 0 saturated carbocycles. The second kappa shape index (κ2) is 9.01. The van der Waals surface area contributed by atoms with E-state index in [1.807, 2.05) is 0 Å². The maximum absolute atomic E-state index is 12.9. The molecular weight excluding hydrogens is 368 g/mol. The van der Waals surface area contributed by atoms with Crippen molar-refractivity contribution in [1.29, 1.82) is 0 Å². The van der Waals surface area contributed by atoms with E-state index in [9.17, 15) is 14.7 Å². The number of nitrogens with one attached hydrogen (secondary N) is 1. The van der Waals surface area contributed by atoms with Gasteiger partial charge >= 0.3 is 0 Å². The lowest BCUT2D eigenvalue weighted by atomic mass is 9.94. The molecule has 2 heterocycles. The van der Waals surface area contributed by atoms with Crippen molar-refractivity contribution >= 4 is 23.4 Å². The number of hydrogen-bond donors (Lipinski definition) is 2. The summed E-state index contributed by atoms with van der Waals surface area (Å²) < 4.78 is 0. The summed E-state index contributed by atoms with van der Waals surface area (Å²) in [6.45, 7) is 1.58. The zero-order valence-corrected chi connectivity index (χ0v) is 15.7. The highest BCUT2D eigenvalue weighted by Crippen LogP contribution is 2.22. The van der Waals surface area contributed by atoms with Crippen molar-refractivity contribution in [2.75, 3.05) is 26.2 Å². The highest BCUT2D eigenvalue weighted by Gasteiger charge is 2.30. The molecule has 1 aromatic heterocycles. The minimum absolute atomic E-state index is 0.000887. The Morgan fingerprint density at radius 2 is 1.96 bits per heavy atom. The molecule has 3 rings (SSSR count). The molecule has 1 fully saturated rings. The summed E-state index contributed by atoms with van der Waals surface area (Å²) in [5.74, 6) is 0.493. The number of hydrogen-bond acceptors (Lipinski definition) is 4. The summed E-state index contributed by atoms with van der Waals surface area (Å²) in [6, 6.07) is 6.83. The SMILES string of the molecule is O=C(c1ccc(Cl)cc1)N1CCC(C(=O)N(CCO)Cc2ncc[nH]2)CC1. The number of aromatic amines is 1. The minimum Gasteiger partial charge on any atom is -0.395 e. The van der Waals surface area contributed by atoms with Crippen LogP contribution in [0.15, 0.2) is 36.7 Å². The van der Waals surface area contributed by atoms with Crippen LogP contribution in [0.5, 0.6) is 0 Å². The Hall–Kier alpha value is -2.38. The molecule has 0 atom stereocenters. The number of amides is 2. The predicted molar refractivity (Wildman–Crippen MR) is 101 cm³/mol. The van der Waals surface area contributed by atoms with Gasteiger partial charge in [0.2, 0.25) is 5.91 Å². The van der Waals surface area contributed by atoms with E-state index in [0.29, 0.717) is 48.9 Å². The normalized spacial score (nSPS) is 15.0. The van der Waals surface area contributed by atoms with Gasteiger partial charge in [0, 0.05) is 48.5 Å². The molecule has 0 unspecified atom stereocenters. The van der Waals surface area contributed by atoms with Crippen LogP contribution in [0.25, 0.3) is 0 Å². The number of H-pyrrole nitrogens is 1. The fourth-order valence-electron chi connectivity index (χ4n) is 3.32. The van der Waals surface area contributed by atoms with Crippen LogP contribution in [0.1, 0.15) is 29.0 Å². The number of aromatic nitrogens is 2. The van der Waals surface area contributed by atoms with Gasteiger partial charge in [0.1, 0.15) is 5.82 Å². The molecule has 2 aromatic rings. The second-order valence-electron chi connectivity index (χ2n) is 6.59. The minimum atomic E-state index is -0.152. The lowest BCUT2D eigenvalue weighted by Crippen LogP contribution is -2.45. The van der Waals surface area contributed by atoms with Crippen molar-refractivity contribution in [1.82, 2.24) is 19.8 Å². The number of benzene rings is 1. The van der Waals surface area contributed by atoms with Crippen molar-refractivity contribution in [2.45, 2.75) is 19.4 Å². The summed E-state index contributed by atoms with van der Waals surface area (Å²) in [4.78, 5) is 36.0. The summed E-state index contributed by atoms with van der Waals surface area (Å²) in [5, 5.41) is 9.88. The Kier molecular flexibility index (Phi) is 6.47. The van der Waals surface area contributed by atoms with E-state index in [4.69, 9.17) is 11.6 Å². The van der Waals surface area contributed by atoms with E-state index in [0.717, 1.165) is 0 Å². The van der Waals surface area contributed by atoms with Crippen LogP contribution in [0.3, 0.4) is 0 Å². The zero-order chi connectivity index (χ0) is 19.2. The number of halogens is 1. The first kappa shape index (κ1) is 19.4. The van der Waals surface area contributed by atoms with Gasteiger partial charge in [-0.2, -0.15) is 0 Å². The van der Waals surface area contributed by atoms with E-state index in [1.165, 1.54) is 0 Å². The quantitative estimate of drug-likeness (QED) is 0.788. The molecule has 1 aromatic carbocycles. The highest BCUT2D eigenvalue weighted by molar-refractivity contribution is 6.30. The summed E-state index contributed by atoms with van der Waals surface area (Å²) in [7, 11) is 0. The summed E-state index contributed by atoms with van der Waals surface area (Å²) >= 11 is 5.87. The number of piperidine rings is 1. The maximum Gasteiger partial charge on any atom is 0.253 e. The molecular formula is C19H23ClN4O3. The Balaban J connectivity index is 1.57. The fourth-order valence-corrected chi connectivity index (χ4v) is 3.44. The molecule has 0 bridgehead atoms. The molecule has 0 spiro atoms. The van der Waals surface area contributed by atoms with Gasteiger partial charge in [-0.25, -0.2) is 4.98 Å². The number of aliphatic hydroxyl groups is 1. The topological polar surface area (TPSA) is 89.5 Å².